The monoisotopic (exact) mass is 269 g/mol. The average Bonchev–Trinajstić information content (AvgIpc) is 2.39. The molecule has 0 aliphatic rings. The number of ketones is 1. The summed E-state index contributed by atoms with van der Waals surface area (Å²) in [6, 6.07) is 6.75. The number of carbonyl (C=O) groups excluding carboxylic acids is 2. The number of amides is 1. The molecule has 0 bridgehead atoms. The predicted molar refractivity (Wildman–Crippen MR) is 75.9 cm³/mol. The molecule has 5 heteroatoms. The van der Waals surface area contributed by atoms with Crippen molar-refractivity contribution in [2.24, 2.45) is 0 Å². The quantitative estimate of drug-likeness (QED) is 0.869. The second kappa shape index (κ2) is 5.61. The molecule has 1 aromatic carbocycles. The fourth-order valence-corrected chi connectivity index (χ4v) is 1.90. The van der Waals surface area contributed by atoms with Gasteiger partial charge in [0, 0.05) is 11.3 Å². The Labute approximate surface area is 117 Å². The highest BCUT2D eigenvalue weighted by Crippen LogP contribution is 2.14. The maximum Gasteiger partial charge on any atom is 0.259 e. The van der Waals surface area contributed by atoms with E-state index in [1.54, 1.807) is 38.1 Å². The smallest absolute Gasteiger partial charge is 0.259 e. The van der Waals surface area contributed by atoms with E-state index >= 15 is 0 Å². The summed E-state index contributed by atoms with van der Waals surface area (Å²) in [5.41, 5.74) is 2.98. The molecule has 102 valence electrons. The number of hydrogen-bond donors (Lipinski definition) is 1. The Kier molecular flexibility index (Phi) is 3.89. The van der Waals surface area contributed by atoms with Gasteiger partial charge in [-0.25, -0.2) is 9.97 Å². The van der Waals surface area contributed by atoms with Crippen LogP contribution in [0.25, 0.3) is 0 Å². The van der Waals surface area contributed by atoms with Crippen molar-refractivity contribution in [1.29, 1.82) is 0 Å². The fourth-order valence-electron chi connectivity index (χ4n) is 1.90. The number of rotatable bonds is 3. The second-order valence-electron chi connectivity index (χ2n) is 4.51. The van der Waals surface area contributed by atoms with Gasteiger partial charge in [0.25, 0.3) is 5.91 Å². The zero-order valence-electron chi connectivity index (χ0n) is 11.6. The first-order chi connectivity index (χ1) is 9.49. The largest absolute Gasteiger partial charge is 0.322 e. The Morgan fingerprint density at radius 3 is 2.05 bits per heavy atom. The van der Waals surface area contributed by atoms with E-state index in [1.165, 1.54) is 13.3 Å². The number of hydrogen-bond acceptors (Lipinski definition) is 4. The van der Waals surface area contributed by atoms with Gasteiger partial charge in [0.05, 0.1) is 17.0 Å². The van der Waals surface area contributed by atoms with E-state index in [-0.39, 0.29) is 11.7 Å². The summed E-state index contributed by atoms with van der Waals surface area (Å²) in [7, 11) is 0. The molecular formula is C15H15N3O2. The molecule has 5 nitrogen and oxygen atoms in total. The summed E-state index contributed by atoms with van der Waals surface area (Å²) in [6.45, 7) is 5.03. The van der Waals surface area contributed by atoms with Crippen LogP contribution in [-0.4, -0.2) is 21.7 Å². The van der Waals surface area contributed by atoms with Gasteiger partial charge in [-0.1, -0.05) is 0 Å². The zero-order valence-corrected chi connectivity index (χ0v) is 11.6. The van der Waals surface area contributed by atoms with E-state index < -0.39 is 0 Å². The van der Waals surface area contributed by atoms with Crippen molar-refractivity contribution >= 4 is 17.4 Å². The lowest BCUT2D eigenvalue weighted by molar-refractivity contribution is 0.101. The third-order valence-corrected chi connectivity index (χ3v) is 3.00. The average molecular weight is 269 g/mol. The van der Waals surface area contributed by atoms with Crippen molar-refractivity contribution in [1.82, 2.24) is 9.97 Å². The van der Waals surface area contributed by atoms with Crippen LogP contribution in [0.15, 0.2) is 30.6 Å². The third-order valence-electron chi connectivity index (χ3n) is 3.00. The predicted octanol–water partition coefficient (Wildman–Crippen LogP) is 2.55. The Bertz CT molecular complexity index is 643. The summed E-state index contributed by atoms with van der Waals surface area (Å²) in [5.74, 6) is -0.262. The van der Waals surface area contributed by atoms with Crippen molar-refractivity contribution in [3.8, 4) is 0 Å². The van der Waals surface area contributed by atoms with E-state index in [0.29, 0.717) is 28.2 Å². The van der Waals surface area contributed by atoms with Crippen LogP contribution in [0.4, 0.5) is 5.69 Å². The summed E-state index contributed by atoms with van der Waals surface area (Å²) >= 11 is 0. The highest BCUT2D eigenvalue weighted by atomic mass is 16.1. The summed E-state index contributed by atoms with van der Waals surface area (Å²) < 4.78 is 0. The highest BCUT2D eigenvalue weighted by Gasteiger charge is 2.14. The van der Waals surface area contributed by atoms with Crippen LogP contribution in [0, 0.1) is 13.8 Å². The number of carbonyl (C=O) groups is 2. The maximum atomic E-state index is 12.2. The van der Waals surface area contributed by atoms with Crippen molar-refractivity contribution < 1.29 is 9.59 Å². The fraction of sp³-hybridized carbons (Fsp3) is 0.200. The second-order valence-corrected chi connectivity index (χ2v) is 4.51. The van der Waals surface area contributed by atoms with E-state index in [9.17, 15) is 9.59 Å². The van der Waals surface area contributed by atoms with Crippen LogP contribution < -0.4 is 5.32 Å². The molecule has 1 heterocycles. The van der Waals surface area contributed by atoms with Gasteiger partial charge in [-0.2, -0.15) is 0 Å². The molecule has 20 heavy (non-hydrogen) atoms. The van der Waals surface area contributed by atoms with Gasteiger partial charge < -0.3 is 5.32 Å². The van der Waals surface area contributed by atoms with E-state index in [4.69, 9.17) is 0 Å². The van der Waals surface area contributed by atoms with Gasteiger partial charge in [-0.3, -0.25) is 9.59 Å². The van der Waals surface area contributed by atoms with Crippen LogP contribution in [0.3, 0.4) is 0 Å². The molecule has 0 radical (unpaired) electrons. The molecule has 0 spiro atoms. The number of Topliss-reactive ketones (excluding diaryl/α,β-unsaturated/α-hetero) is 1. The van der Waals surface area contributed by atoms with Gasteiger partial charge in [-0.05, 0) is 45.0 Å². The molecule has 0 aliphatic heterocycles. The first-order valence-corrected chi connectivity index (χ1v) is 6.19. The maximum absolute atomic E-state index is 12.2. The Morgan fingerprint density at radius 2 is 1.55 bits per heavy atom. The van der Waals surface area contributed by atoms with Crippen LogP contribution in [0.1, 0.15) is 39.0 Å². The molecular weight excluding hydrogens is 254 g/mol. The highest BCUT2D eigenvalue weighted by molar-refractivity contribution is 6.06. The molecule has 0 fully saturated rings. The lowest BCUT2D eigenvalue weighted by Gasteiger charge is -2.09. The molecule has 0 saturated carbocycles. The topological polar surface area (TPSA) is 72.0 Å². The minimum atomic E-state index is -0.254. The molecule has 2 rings (SSSR count). The molecule has 2 aromatic rings. The molecule has 0 atom stereocenters. The molecule has 0 unspecified atom stereocenters. The number of nitrogens with one attached hydrogen (secondary N) is 1. The lowest BCUT2D eigenvalue weighted by atomic mass is 10.1. The molecule has 1 aromatic heterocycles. The Hall–Kier alpha value is -2.56. The molecule has 0 saturated heterocycles. The SMILES string of the molecule is CC(=O)c1ccc(NC(=O)c2c(C)ncnc2C)cc1. The minimum Gasteiger partial charge on any atom is -0.322 e. The van der Waals surface area contributed by atoms with Gasteiger partial charge >= 0.3 is 0 Å². The van der Waals surface area contributed by atoms with Crippen molar-refractivity contribution in [2.75, 3.05) is 5.32 Å². The van der Waals surface area contributed by atoms with Gasteiger partial charge in [0.1, 0.15) is 6.33 Å². The number of anilines is 1. The van der Waals surface area contributed by atoms with Crippen LogP contribution in [0.5, 0.6) is 0 Å². The van der Waals surface area contributed by atoms with Crippen molar-refractivity contribution in [3.05, 3.63) is 53.1 Å². The zero-order chi connectivity index (χ0) is 14.7. The summed E-state index contributed by atoms with van der Waals surface area (Å²) in [5, 5.41) is 2.78. The first kappa shape index (κ1) is 13.9. The van der Waals surface area contributed by atoms with Gasteiger partial charge in [0.15, 0.2) is 5.78 Å². The minimum absolute atomic E-state index is 0.00831. The molecule has 1 amide bonds. The Morgan fingerprint density at radius 1 is 1.00 bits per heavy atom. The van der Waals surface area contributed by atoms with E-state index in [2.05, 4.69) is 15.3 Å². The number of nitrogens with zero attached hydrogens (tertiary/aromatic N) is 2. The van der Waals surface area contributed by atoms with Crippen LogP contribution >= 0.6 is 0 Å². The Balaban J connectivity index is 2.21. The number of aromatic nitrogens is 2. The van der Waals surface area contributed by atoms with E-state index in [1.807, 2.05) is 0 Å². The summed E-state index contributed by atoms with van der Waals surface area (Å²) in [4.78, 5) is 31.4. The number of benzene rings is 1. The van der Waals surface area contributed by atoms with Gasteiger partial charge in [0.2, 0.25) is 0 Å². The lowest BCUT2D eigenvalue weighted by Crippen LogP contribution is -2.16. The normalized spacial score (nSPS) is 10.2. The van der Waals surface area contributed by atoms with E-state index in [0.717, 1.165) is 0 Å². The number of aryl methyl sites for hydroxylation is 2. The third kappa shape index (κ3) is 2.88. The van der Waals surface area contributed by atoms with Crippen LogP contribution in [0.2, 0.25) is 0 Å². The van der Waals surface area contributed by atoms with Gasteiger partial charge in [-0.15, -0.1) is 0 Å². The van der Waals surface area contributed by atoms with Crippen molar-refractivity contribution in [3.63, 3.8) is 0 Å². The van der Waals surface area contributed by atoms with Crippen molar-refractivity contribution in [2.45, 2.75) is 20.8 Å². The van der Waals surface area contributed by atoms with Crippen LogP contribution in [-0.2, 0) is 0 Å². The summed E-state index contributed by atoms with van der Waals surface area (Å²) in [6.07, 6.45) is 1.43. The first-order valence-electron chi connectivity index (χ1n) is 6.19. The molecule has 0 aliphatic carbocycles. The molecule has 1 N–H and O–H groups in total. The standard InChI is InChI=1S/C15H15N3O2/c1-9-14(10(2)17-8-16-9)15(20)18-13-6-4-12(5-7-13)11(3)19/h4-8H,1-3H3,(H,18,20).